The van der Waals surface area contributed by atoms with E-state index in [2.05, 4.69) is 15.7 Å². The van der Waals surface area contributed by atoms with Crippen molar-refractivity contribution in [3.05, 3.63) is 48.0 Å². The topological polar surface area (TPSA) is 68.2 Å². The highest BCUT2D eigenvalue weighted by molar-refractivity contribution is 5.89. The van der Waals surface area contributed by atoms with Gasteiger partial charge in [0.05, 0.1) is 24.0 Å². The van der Waals surface area contributed by atoms with Crippen LogP contribution in [0.5, 0.6) is 0 Å². The Labute approximate surface area is 140 Å². The van der Waals surface area contributed by atoms with Gasteiger partial charge in [-0.2, -0.15) is 5.10 Å². The Morgan fingerprint density at radius 2 is 2.25 bits per heavy atom. The van der Waals surface area contributed by atoms with E-state index in [9.17, 15) is 9.18 Å². The van der Waals surface area contributed by atoms with Crippen LogP contribution in [-0.2, 0) is 11.3 Å². The summed E-state index contributed by atoms with van der Waals surface area (Å²) in [5.41, 5.74) is 1.45. The van der Waals surface area contributed by atoms with Crippen LogP contribution in [0.2, 0.25) is 0 Å². The third-order valence-electron chi connectivity index (χ3n) is 4.07. The van der Waals surface area contributed by atoms with Gasteiger partial charge in [0, 0.05) is 19.3 Å². The van der Waals surface area contributed by atoms with Gasteiger partial charge in [0.25, 0.3) is 0 Å². The first kappa shape index (κ1) is 16.4. The molecule has 3 rings (SSSR count). The van der Waals surface area contributed by atoms with E-state index in [0.717, 1.165) is 24.9 Å². The van der Waals surface area contributed by atoms with Crippen LogP contribution in [0.15, 0.2) is 36.7 Å². The molecule has 7 heteroatoms. The van der Waals surface area contributed by atoms with Crippen molar-refractivity contribution >= 4 is 11.7 Å². The summed E-state index contributed by atoms with van der Waals surface area (Å²) in [7, 11) is 0. The standard InChI is InChI=1S/C17H21FN4O2/c1-2-22-11-14(10-19-22)20-17(23)21-16(15-4-3-9-24-15)12-5-7-13(18)8-6-12/h5-8,10-11,15-16H,2-4,9H2,1H3,(H2,20,21,23)/t15-,16-/m0/s1. The molecule has 1 aromatic heterocycles. The molecule has 1 aliphatic heterocycles. The molecule has 2 amide bonds. The van der Waals surface area contributed by atoms with E-state index in [1.54, 1.807) is 29.2 Å². The first-order valence-electron chi connectivity index (χ1n) is 8.12. The minimum absolute atomic E-state index is 0.112. The summed E-state index contributed by atoms with van der Waals surface area (Å²) in [5.74, 6) is -0.304. The minimum Gasteiger partial charge on any atom is -0.376 e. The lowest BCUT2D eigenvalue weighted by Crippen LogP contribution is -2.38. The van der Waals surface area contributed by atoms with Gasteiger partial charge in [0.1, 0.15) is 5.82 Å². The number of rotatable bonds is 5. The third kappa shape index (κ3) is 3.91. The van der Waals surface area contributed by atoms with Crippen LogP contribution in [0.25, 0.3) is 0 Å². The zero-order chi connectivity index (χ0) is 16.9. The molecule has 128 valence electrons. The van der Waals surface area contributed by atoms with Crippen molar-refractivity contribution in [3.8, 4) is 0 Å². The number of hydrogen-bond acceptors (Lipinski definition) is 3. The highest BCUT2D eigenvalue weighted by atomic mass is 19.1. The Hall–Kier alpha value is -2.41. The van der Waals surface area contributed by atoms with E-state index in [-0.39, 0.29) is 24.0 Å². The first-order chi connectivity index (χ1) is 11.7. The number of benzene rings is 1. The van der Waals surface area contributed by atoms with Crippen molar-refractivity contribution in [2.24, 2.45) is 0 Å². The molecule has 0 unspecified atom stereocenters. The van der Waals surface area contributed by atoms with Gasteiger partial charge in [0.2, 0.25) is 0 Å². The van der Waals surface area contributed by atoms with Crippen molar-refractivity contribution in [1.82, 2.24) is 15.1 Å². The van der Waals surface area contributed by atoms with E-state index < -0.39 is 0 Å². The maximum absolute atomic E-state index is 13.2. The Bertz CT molecular complexity index is 680. The maximum Gasteiger partial charge on any atom is 0.319 e. The summed E-state index contributed by atoms with van der Waals surface area (Å²) >= 11 is 0. The molecule has 24 heavy (non-hydrogen) atoms. The summed E-state index contributed by atoms with van der Waals surface area (Å²) in [5, 5.41) is 9.82. The van der Waals surface area contributed by atoms with Crippen molar-refractivity contribution < 1.29 is 13.9 Å². The van der Waals surface area contributed by atoms with Crippen LogP contribution in [0.1, 0.15) is 31.4 Å². The normalized spacial score (nSPS) is 18.3. The molecule has 6 nitrogen and oxygen atoms in total. The monoisotopic (exact) mass is 332 g/mol. The van der Waals surface area contributed by atoms with E-state index in [1.807, 2.05) is 6.92 Å². The summed E-state index contributed by atoms with van der Waals surface area (Å²) in [4.78, 5) is 12.3. The molecular weight excluding hydrogens is 311 g/mol. The average molecular weight is 332 g/mol. The summed E-state index contributed by atoms with van der Waals surface area (Å²) in [6.07, 6.45) is 5.06. The van der Waals surface area contributed by atoms with Crippen LogP contribution in [-0.4, -0.2) is 28.5 Å². The molecule has 0 spiro atoms. The number of aryl methyl sites for hydroxylation is 1. The lowest BCUT2D eigenvalue weighted by molar-refractivity contribution is 0.0815. The molecule has 2 N–H and O–H groups in total. The number of aromatic nitrogens is 2. The van der Waals surface area contributed by atoms with E-state index >= 15 is 0 Å². The Balaban J connectivity index is 1.70. The highest BCUT2D eigenvalue weighted by Crippen LogP contribution is 2.27. The lowest BCUT2D eigenvalue weighted by atomic mass is 9.99. The van der Waals surface area contributed by atoms with Gasteiger partial charge in [0.15, 0.2) is 0 Å². The minimum atomic E-state index is -0.338. The second-order valence-electron chi connectivity index (χ2n) is 5.76. The zero-order valence-corrected chi connectivity index (χ0v) is 13.5. The second-order valence-corrected chi connectivity index (χ2v) is 5.76. The van der Waals surface area contributed by atoms with Crippen LogP contribution < -0.4 is 10.6 Å². The van der Waals surface area contributed by atoms with Crippen LogP contribution in [0.3, 0.4) is 0 Å². The fourth-order valence-electron chi connectivity index (χ4n) is 2.84. The molecule has 1 aromatic carbocycles. The predicted octanol–water partition coefficient (Wildman–Crippen LogP) is 3.08. The Morgan fingerprint density at radius 3 is 2.88 bits per heavy atom. The first-order valence-corrected chi connectivity index (χ1v) is 8.12. The number of halogens is 1. The molecule has 0 saturated carbocycles. The molecule has 2 aromatic rings. The van der Waals surface area contributed by atoms with E-state index in [4.69, 9.17) is 4.74 Å². The molecule has 2 atom stereocenters. The Kier molecular flexibility index (Phi) is 5.10. The molecule has 1 aliphatic rings. The molecule has 0 aliphatic carbocycles. The maximum atomic E-state index is 13.2. The van der Waals surface area contributed by atoms with Gasteiger partial charge < -0.3 is 15.4 Å². The largest absolute Gasteiger partial charge is 0.376 e. The number of carbonyl (C=O) groups is 1. The van der Waals surface area contributed by atoms with Gasteiger partial charge in [-0.1, -0.05) is 12.1 Å². The highest BCUT2D eigenvalue weighted by Gasteiger charge is 2.28. The van der Waals surface area contributed by atoms with Crippen molar-refractivity contribution in [1.29, 1.82) is 0 Å². The predicted molar refractivity (Wildman–Crippen MR) is 88.2 cm³/mol. The molecule has 2 heterocycles. The molecule has 1 saturated heterocycles. The smallest absolute Gasteiger partial charge is 0.319 e. The van der Waals surface area contributed by atoms with Crippen LogP contribution in [0.4, 0.5) is 14.9 Å². The van der Waals surface area contributed by atoms with E-state index in [1.165, 1.54) is 12.1 Å². The molecular formula is C17H21FN4O2. The number of amides is 2. The van der Waals surface area contributed by atoms with Crippen LogP contribution >= 0.6 is 0 Å². The summed E-state index contributed by atoms with van der Waals surface area (Å²) in [6, 6.07) is 5.48. The number of hydrogen-bond donors (Lipinski definition) is 2. The summed E-state index contributed by atoms with van der Waals surface area (Å²) < 4.78 is 20.6. The average Bonchev–Trinajstić information content (AvgIpc) is 3.25. The van der Waals surface area contributed by atoms with Gasteiger partial charge in [-0.25, -0.2) is 9.18 Å². The van der Waals surface area contributed by atoms with Crippen molar-refractivity contribution in [3.63, 3.8) is 0 Å². The number of anilines is 1. The van der Waals surface area contributed by atoms with Crippen molar-refractivity contribution in [2.45, 2.75) is 38.5 Å². The van der Waals surface area contributed by atoms with Crippen molar-refractivity contribution in [2.75, 3.05) is 11.9 Å². The van der Waals surface area contributed by atoms with Gasteiger partial charge in [-0.05, 0) is 37.5 Å². The number of carbonyl (C=O) groups excluding carboxylic acids is 1. The zero-order valence-electron chi connectivity index (χ0n) is 13.5. The number of nitrogens with one attached hydrogen (secondary N) is 2. The number of ether oxygens (including phenoxy) is 1. The third-order valence-corrected chi connectivity index (χ3v) is 4.07. The molecule has 1 fully saturated rings. The van der Waals surface area contributed by atoms with Crippen LogP contribution in [0, 0.1) is 5.82 Å². The fourth-order valence-corrected chi connectivity index (χ4v) is 2.84. The number of urea groups is 1. The SMILES string of the molecule is CCn1cc(NC(=O)N[C@@H](c2ccc(F)cc2)[C@@H]2CCCO2)cn1. The van der Waals surface area contributed by atoms with Gasteiger partial charge in [-0.15, -0.1) is 0 Å². The Morgan fingerprint density at radius 1 is 1.46 bits per heavy atom. The second kappa shape index (κ2) is 7.44. The summed E-state index contributed by atoms with van der Waals surface area (Å²) in [6.45, 7) is 3.38. The molecule has 0 bridgehead atoms. The molecule has 0 radical (unpaired) electrons. The quantitative estimate of drug-likeness (QED) is 0.884. The van der Waals surface area contributed by atoms with E-state index in [0.29, 0.717) is 12.3 Å². The number of nitrogens with zero attached hydrogens (tertiary/aromatic N) is 2. The van der Waals surface area contributed by atoms with Gasteiger partial charge >= 0.3 is 6.03 Å². The lowest BCUT2D eigenvalue weighted by Gasteiger charge is -2.24. The fraction of sp³-hybridized carbons (Fsp3) is 0.412. The van der Waals surface area contributed by atoms with Gasteiger partial charge in [-0.3, -0.25) is 4.68 Å².